The van der Waals surface area contributed by atoms with Crippen molar-refractivity contribution in [2.75, 3.05) is 0 Å². The van der Waals surface area contributed by atoms with E-state index in [4.69, 9.17) is 32.4 Å². The van der Waals surface area contributed by atoms with Gasteiger partial charge in [-0.2, -0.15) is 0 Å². The van der Waals surface area contributed by atoms with Gasteiger partial charge in [-0.3, -0.25) is 9.59 Å². The second kappa shape index (κ2) is 9.59. The molecular formula is C16H31N5O8. The second-order valence-electron chi connectivity index (χ2n) is 7.65. The summed E-state index contributed by atoms with van der Waals surface area (Å²) in [6.45, 7) is 1.13. The highest BCUT2D eigenvalue weighted by atomic mass is 16.7. The molecular weight excluding hydrogens is 390 g/mol. The van der Waals surface area contributed by atoms with Crippen LogP contribution in [0.15, 0.2) is 0 Å². The standard InChI is InChI=1S/C16H31N5O8/c1-4(22)21-9(15(20)27)11(25)14-8(23)3-7(19)16(29-14)28-13-6(18)2-5(17)10(24)12(13)26/h5-14,16,23-26H,2-3,17-19H2,1H3,(H2,20,27)(H,21,22)/t5-,6+,7-,8+,9-,10+,11-,12-,13-,14+,16+/m1/s1. The van der Waals surface area contributed by atoms with Crippen LogP contribution in [0.4, 0.5) is 0 Å². The molecule has 13 N–H and O–H groups in total. The van der Waals surface area contributed by atoms with Crippen LogP contribution < -0.4 is 28.3 Å². The summed E-state index contributed by atoms with van der Waals surface area (Å²) in [6, 6.07) is -3.85. The van der Waals surface area contributed by atoms with Crippen LogP contribution in [0.2, 0.25) is 0 Å². The Morgan fingerprint density at radius 3 is 2.24 bits per heavy atom. The average molecular weight is 421 g/mol. The Bertz CT molecular complexity index is 598. The third kappa shape index (κ3) is 5.39. The number of carbonyl (C=O) groups excluding carboxylic acids is 2. The maximum absolute atomic E-state index is 11.6. The fraction of sp³-hybridized carbons (Fsp3) is 0.875. The second-order valence-corrected chi connectivity index (χ2v) is 7.65. The molecule has 0 radical (unpaired) electrons. The van der Waals surface area contributed by atoms with E-state index in [9.17, 15) is 30.0 Å². The van der Waals surface area contributed by atoms with Crippen LogP contribution in [-0.2, 0) is 19.1 Å². The van der Waals surface area contributed by atoms with E-state index < -0.39 is 78.9 Å². The van der Waals surface area contributed by atoms with Gasteiger partial charge in [0, 0.05) is 19.0 Å². The Hall–Kier alpha value is -1.42. The maximum atomic E-state index is 11.6. The lowest BCUT2D eigenvalue weighted by molar-refractivity contribution is -0.284. The molecule has 2 aliphatic rings. The van der Waals surface area contributed by atoms with Gasteiger partial charge in [0.15, 0.2) is 6.29 Å². The van der Waals surface area contributed by atoms with Crippen LogP contribution in [0.1, 0.15) is 19.8 Å². The van der Waals surface area contributed by atoms with Crippen LogP contribution in [0.25, 0.3) is 0 Å². The van der Waals surface area contributed by atoms with Crippen LogP contribution in [0.3, 0.4) is 0 Å². The highest BCUT2D eigenvalue weighted by molar-refractivity contribution is 5.86. The van der Waals surface area contributed by atoms with E-state index in [0.717, 1.165) is 6.92 Å². The molecule has 0 aromatic carbocycles. The van der Waals surface area contributed by atoms with E-state index >= 15 is 0 Å². The molecule has 13 nitrogen and oxygen atoms in total. The average Bonchev–Trinajstić information content (AvgIpc) is 2.62. The minimum atomic E-state index is -1.70. The third-order valence-electron chi connectivity index (χ3n) is 5.26. The fourth-order valence-corrected chi connectivity index (χ4v) is 3.67. The van der Waals surface area contributed by atoms with Crippen molar-refractivity contribution in [3.8, 4) is 0 Å². The molecule has 1 aliphatic carbocycles. The van der Waals surface area contributed by atoms with Gasteiger partial charge in [0.1, 0.15) is 30.5 Å². The molecule has 1 saturated heterocycles. The van der Waals surface area contributed by atoms with Crippen molar-refractivity contribution in [2.24, 2.45) is 22.9 Å². The Balaban J connectivity index is 2.14. The van der Waals surface area contributed by atoms with Gasteiger partial charge in [0.2, 0.25) is 11.8 Å². The van der Waals surface area contributed by atoms with Crippen molar-refractivity contribution in [2.45, 2.75) is 86.8 Å². The molecule has 0 bridgehead atoms. The largest absolute Gasteiger partial charge is 0.390 e. The predicted molar refractivity (Wildman–Crippen MR) is 97.5 cm³/mol. The quantitative estimate of drug-likeness (QED) is 0.195. The molecule has 1 saturated carbocycles. The highest BCUT2D eigenvalue weighted by Gasteiger charge is 2.47. The van der Waals surface area contributed by atoms with Crippen LogP contribution in [0.5, 0.6) is 0 Å². The first-order chi connectivity index (χ1) is 13.4. The highest BCUT2D eigenvalue weighted by Crippen LogP contribution is 2.28. The zero-order valence-corrected chi connectivity index (χ0v) is 16.0. The van der Waals surface area contributed by atoms with Gasteiger partial charge in [-0.15, -0.1) is 0 Å². The number of nitrogens with one attached hydrogen (secondary N) is 1. The van der Waals surface area contributed by atoms with E-state index in [2.05, 4.69) is 5.32 Å². The lowest BCUT2D eigenvalue weighted by Gasteiger charge is -2.45. The Morgan fingerprint density at radius 1 is 1.07 bits per heavy atom. The number of aliphatic hydroxyl groups excluding tert-OH is 4. The van der Waals surface area contributed by atoms with Gasteiger partial charge in [0.25, 0.3) is 0 Å². The Kier molecular flexibility index (Phi) is 7.89. The first-order valence-electron chi connectivity index (χ1n) is 9.30. The molecule has 0 unspecified atom stereocenters. The molecule has 29 heavy (non-hydrogen) atoms. The summed E-state index contributed by atoms with van der Waals surface area (Å²) in [5, 5.41) is 43.2. The van der Waals surface area contributed by atoms with Crippen molar-refractivity contribution in [1.82, 2.24) is 5.32 Å². The topological polar surface area (TPSA) is 250 Å². The summed E-state index contributed by atoms with van der Waals surface area (Å²) in [6.07, 6.45) is -9.28. The van der Waals surface area contributed by atoms with Crippen molar-refractivity contribution >= 4 is 11.8 Å². The number of hydrogen-bond acceptors (Lipinski definition) is 11. The number of primary amides is 1. The number of rotatable bonds is 6. The number of ether oxygens (including phenoxy) is 2. The minimum Gasteiger partial charge on any atom is -0.390 e. The molecule has 13 heteroatoms. The van der Waals surface area contributed by atoms with Crippen molar-refractivity contribution in [1.29, 1.82) is 0 Å². The zero-order chi connectivity index (χ0) is 22.0. The molecule has 2 amide bonds. The van der Waals surface area contributed by atoms with Gasteiger partial charge in [-0.05, 0) is 12.8 Å². The lowest BCUT2D eigenvalue weighted by Crippen LogP contribution is -2.66. The first kappa shape index (κ1) is 23.9. The summed E-state index contributed by atoms with van der Waals surface area (Å²) >= 11 is 0. The molecule has 11 atom stereocenters. The predicted octanol–water partition coefficient (Wildman–Crippen LogP) is -5.69. The molecule has 1 heterocycles. The summed E-state index contributed by atoms with van der Waals surface area (Å²) in [4.78, 5) is 22.9. The number of carbonyl (C=O) groups is 2. The maximum Gasteiger partial charge on any atom is 0.242 e. The third-order valence-corrected chi connectivity index (χ3v) is 5.26. The Morgan fingerprint density at radius 2 is 1.69 bits per heavy atom. The number of nitrogens with two attached hydrogens (primary N) is 4. The summed E-state index contributed by atoms with van der Waals surface area (Å²) in [5.41, 5.74) is 22.9. The number of amides is 2. The molecule has 0 aromatic heterocycles. The summed E-state index contributed by atoms with van der Waals surface area (Å²) in [7, 11) is 0. The molecule has 0 aromatic rings. The normalized spacial score (nSPS) is 42.7. The number of aliphatic hydroxyl groups is 4. The molecule has 2 rings (SSSR count). The first-order valence-corrected chi connectivity index (χ1v) is 9.30. The molecule has 168 valence electrons. The van der Waals surface area contributed by atoms with Crippen molar-refractivity contribution in [3.05, 3.63) is 0 Å². The van der Waals surface area contributed by atoms with Crippen molar-refractivity contribution < 1.29 is 39.5 Å². The van der Waals surface area contributed by atoms with Crippen molar-refractivity contribution in [3.63, 3.8) is 0 Å². The van der Waals surface area contributed by atoms with E-state index in [1.165, 1.54) is 0 Å². The van der Waals surface area contributed by atoms with E-state index in [-0.39, 0.29) is 12.8 Å². The van der Waals surface area contributed by atoms with E-state index in [0.29, 0.717) is 0 Å². The zero-order valence-electron chi connectivity index (χ0n) is 16.0. The fourth-order valence-electron chi connectivity index (χ4n) is 3.67. The summed E-state index contributed by atoms with van der Waals surface area (Å²) in [5.74, 6) is -1.65. The smallest absolute Gasteiger partial charge is 0.242 e. The van der Waals surface area contributed by atoms with Gasteiger partial charge in [-0.1, -0.05) is 0 Å². The van der Waals surface area contributed by atoms with E-state index in [1.54, 1.807) is 0 Å². The monoisotopic (exact) mass is 421 g/mol. The van der Waals surface area contributed by atoms with Gasteiger partial charge >= 0.3 is 0 Å². The van der Waals surface area contributed by atoms with E-state index in [1.807, 2.05) is 0 Å². The van der Waals surface area contributed by atoms with Gasteiger partial charge < -0.3 is 58.2 Å². The van der Waals surface area contributed by atoms with Gasteiger partial charge in [-0.25, -0.2) is 0 Å². The van der Waals surface area contributed by atoms with Crippen LogP contribution in [0, 0.1) is 0 Å². The van der Waals surface area contributed by atoms with Gasteiger partial charge in [0.05, 0.1) is 18.2 Å². The Labute approximate surface area is 167 Å². The molecule has 0 spiro atoms. The lowest BCUT2D eigenvalue weighted by atomic mass is 9.84. The molecule has 2 fully saturated rings. The SMILES string of the molecule is CC(=O)N[C@@H](C(N)=O)[C@@H](O)[C@H]1O[C@H](O[C@H]2[C@H](O)[C@@H](O)[C@H](N)C[C@@H]2N)[C@H](N)C[C@@H]1O. The summed E-state index contributed by atoms with van der Waals surface area (Å²) < 4.78 is 11.2. The van der Waals surface area contributed by atoms with Crippen LogP contribution in [-0.4, -0.2) is 99.3 Å². The van der Waals surface area contributed by atoms with Crippen LogP contribution >= 0.6 is 0 Å². The minimum absolute atomic E-state index is 0.0853. The number of hydrogen-bond donors (Lipinski definition) is 9. The molecule has 1 aliphatic heterocycles.